The first kappa shape index (κ1) is 23.7. The lowest BCUT2D eigenvalue weighted by atomic mass is 9.74. The summed E-state index contributed by atoms with van der Waals surface area (Å²) >= 11 is 0. The van der Waals surface area contributed by atoms with Crippen LogP contribution in [0.1, 0.15) is 92.2 Å². The van der Waals surface area contributed by atoms with Crippen molar-refractivity contribution in [2.24, 2.45) is 11.8 Å². The van der Waals surface area contributed by atoms with Crippen LogP contribution in [0.2, 0.25) is 0 Å². The van der Waals surface area contributed by atoms with Gasteiger partial charge in [-0.1, -0.05) is 37.9 Å². The number of aryl methyl sites for hydroxylation is 1. The zero-order valence-corrected chi connectivity index (χ0v) is 20.5. The maximum atomic E-state index is 15.5. The first-order valence-electron chi connectivity index (χ1n) is 12.9. The Kier molecular flexibility index (Phi) is 6.71. The molecule has 0 bridgehead atoms. The smallest absolute Gasteiger partial charge is 0.222 e. The topological polar surface area (TPSA) is 92.1 Å². The number of carbonyl (C=O) groups is 2. The van der Waals surface area contributed by atoms with E-state index < -0.39 is 0 Å². The molecule has 1 aliphatic heterocycles. The number of hydrogen-bond donors (Lipinski definition) is 1. The lowest BCUT2D eigenvalue weighted by Crippen LogP contribution is -2.24. The van der Waals surface area contributed by atoms with Crippen molar-refractivity contribution < 1.29 is 18.5 Å². The highest BCUT2D eigenvalue weighted by atomic mass is 19.1. The first-order chi connectivity index (χ1) is 16.9. The summed E-state index contributed by atoms with van der Waals surface area (Å²) < 4.78 is 20.6. The molecule has 1 amide bonds. The summed E-state index contributed by atoms with van der Waals surface area (Å²) in [6.45, 7) is 5.14. The fraction of sp³-hybridized carbons (Fsp3) is 0.556. The van der Waals surface area contributed by atoms with E-state index in [1.54, 1.807) is 11.0 Å². The molecule has 1 atom stereocenters. The minimum atomic E-state index is -0.389. The number of likely N-dealkylation sites (tertiary alicyclic amines) is 1. The molecule has 7 nitrogen and oxygen atoms in total. The second-order valence-electron chi connectivity index (χ2n) is 10.3. The number of halogens is 1. The number of Topliss-reactive ketones (excluding diaryl/α,β-unsaturated/α-hetero) is 1. The second kappa shape index (κ2) is 9.91. The van der Waals surface area contributed by atoms with Gasteiger partial charge in [-0.05, 0) is 43.6 Å². The van der Waals surface area contributed by atoms with Gasteiger partial charge in [-0.2, -0.15) is 0 Å². The van der Waals surface area contributed by atoms with Gasteiger partial charge in [-0.25, -0.2) is 9.37 Å². The Balaban J connectivity index is 1.45. The summed E-state index contributed by atoms with van der Waals surface area (Å²) in [5, 5.41) is 3.96. The van der Waals surface area contributed by atoms with Crippen molar-refractivity contribution in [3.05, 3.63) is 46.9 Å². The minimum absolute atomic E-state index is 0.0131. The predicted octanol–water partition coefficient (Wildman–Crippen LogP) is 5.56. The first-order valence-corrected chi connectivity index (χ1v) is 12.9. The van der Waals surface area contributed by atoms with E-state index in [0.29, 0.717) is 59.4 Å². The average Bonchev–Trinajstić information content (AvgIpc) is 3.60. The summed E-state index contributed by atoms with van der Waals surface area (Å²) in [6.07, 6.45) is 7.96. The van der Waals surface area contributed by atoms with Crippen LogP contribution in [0.3, 0.4) is 0 Å². The van der Waals surface area contributed by atoms with Gasteiger partial charge < -0.3 is 14.4 Å². The molecule has 0 spiro atoms. The van der Waals surface area contributed by atoms with Crippen molar-refractivity contribution in [1.82, 2.24) is 20.0 Å². The summed E-state index contributed by atoms with van der Waals surface area (Å²) in [4.78, 5) is 35.1. The zero-order valence-electron chi connectivity index (χ0n) is 20.5. The maximum Gasteiger partial charge on any atom is 0.222 e. The SMILES string of the molecule is CCc1nocc1C(=O)C[C@H](c1nc2c(F)c(CN3CCCC3=O)ccc2[nH]1)C1CCC(C)CC1. The van der Waals surface area contributed by atoms with E-state index in [-0.39, 0.29) is 41.9 Å². The number of H-pyrrole nitrogens is 1. The molecular weight excluding hydrogens is 447 g/mol. The number of carbonyl (C=O) groups excluding carboxylic acids is 2. The van der Waals surface area contributed by atoms with Crippen LogP contribution in [0.15, 0.2) is 22.9 Å². The van der Waals surface area contributed by atoms with Crippen molar-refractivity contribution in [1.29, 1.82) is 0 Å². The number of ketones is 1. The van der Waals surface area contributed by atoms with Crippen molar-refractivity contribution >= 4 is 22.7 Å². The largest absolute Gasteiger partial charge is 0.364 e. The standard InChI is InChI=1S/C27H33FN4O3/c1-3-21-20(15-35-31-21)23(33)13-19(17-8-6-16(2)7-9-17)27-29-22-11-10-18(25(28)26(22)30-27)14-32-12-4-5-24(32)34/h10-11,15-17,19H,3-9,12-14H2,1-2H3,(H,29,30)/t16?,17?,19-/m0/s1. The minimum Gasteiger partial charge on any atom is -0.364 e. The molecule has 8 heteroatoms. The molecule has 1 N–H and O–H groups in total. The van der Waals surface area contributed by atoms with Gasteiger partial charge in [0, 0.05) is 37.4 Å². The van der Waals surface area contributed by atoms with Crippen LogP contribution in [-0.4, -0.2) is 38.3 Å². The molecule has 0 radical (unpaired) electrons. The molecule has 1 saturated carbocycles. The third kappa shape index (κ3) is 4.75. The van der Waals surface area contributed by atoms with Gasteiger partial charge in [-0.3, -0.25) is 9.59 Å². The van der Waals surface area contributed by atoms with E-state index in [0.717, 1.165) is 32.1 Å². The van der Waals surface area contributed by atoms with E-state index in [4.69, 9.17) is 9.51 Å². The summed E-state index contributed by atoms with van der Waals surface area (Å²) in [5.41, 5.74) is 2.58. The molecule has 2 aromatic heterocycles. The van der Waals surface area contributed by atoms with E-state index in [1.165, 1.54) is 6.26 Å². The Bertz CT molecular complexity index is 1220. The Morgan fingerprint density at radius 3 is 2.80 bits per heavy atom. The van der Waals surface area contributed by atoms with Crippen molar-refractivity contribution in [2.45, 2.75) is 77.7 Å². The van der Waals surface area contributed by atoms with Crippen molar-refractivity contribution in [3.8, 4) is 0 Å². The molecule has 2 aliphatic rings. The van der Waals surface area contributed by atoms with Gasteiger partial charge in [-0.15, -0.1) is 0 Å². The molecule has 2 fully saturated rings. The van der Waals surface area contributed by atoms with Gasteiger partial charge in [0.1, 0.15) is 17.6 Å². The normalized spacial score (nSPS) is 21.7. The molecular formula is C27H33FN4O3. The fourth-order valence-corrected chi connectivity index (χ4v) is 5.70. The highest BCUT2D eigenvalue weighted by Gasteiger charge is 2.33. The van der Waals surface area contributed by atoms with Gasteiger partial charge in [0.15, 0.2) is 11.6 Å². The number of nitrogens with zero attached hydrogens (tertiary/aromatic N) is 3. The third-order valence-electron chi connectivity index (χ3n) is 7.89. The number of rotatable bonds is 8. The number of amides is 1. The predicted molar refractivity (Wildman–Crippen MR) is 129 cm³/mol. The molecule has 186 valence electrons. The number of nitrogens with one attached hydrogen (secondary N) is 1. The van der Waals surface area contributed by atoms with E-state index >= 15 is 4.39 Å². The summed E-state index contributed by atoms with van der Waals surface area (Å²) in [6, 6.07) is 3.57. The van der Waals surface area contributed by atoms with Crippen LogP contribution in [-0.2, 0) is 17.8 Å². The lowest BCUT2D eigenvalue weighted by molar-refractivity contribution is -0.128. The van der Waals surface area contributed by atoms with Crippen molar-refractivity contribution in [3.63, 3.8) is 0 Å². The van der Waals surface area contributed by atoms with Gasteiger partial charge in [0.05, 0.1) is 16.8 Å². The van der Waals surface area contributed by atoms with E-state index in [9.17, 15) is 9.59 Å². The number of aromatic amines is 1. The Morgan fingerprint density at radius 1 is 1.29 bits per heavy atom. The van der Waals surface area contributed by atoms with Crippen LogP contribution in [0.25, 0.3) is 11.0 Å². The molecule has 1 saturated heterocycles. The maximum absolute atomic E-state index is 15.5. The van der Waals surface area contributed by atoms with Crippen LogP contribution < -0.4 is 0 Å². The second-order valence-corrected chi connectivity index (χ2v) is 10.3. The molecule has 3 aromatic rings. The van der Waals surface area contributed by atoms with Gasteiger partial charge in [0.2, 0.25) is 5.91 Å². The third-order valence-corrected chi connectivity index (χ3v) is 7.89. The summed E-state index contributed by atoms with van der Waals surface area (Å²) in [5.74, 6) is 1.17. The number of benzene rings is 1. The Morgan fingerprint density at radius 2 is 2.09 bits per heavy atom. The van der Waals surface area contributed by atoms with Crippen LogP contribution >= 0.6 is 0 Å². The number of imidazole rings is 1. The van der Waals surface area contributed by atoms with E-state index in [2.05, 4.69) is 17.1 Å². The average molecular weight is 481 g/mol. The molecule has 0 unspecified atom stereocenters. The number of hydrogen-bond acceptors (Lipinski definition) is 5. The van der Waals surface area contributed by atoms with Crippen LogP contribution in [0, 0.1) is 17.7 Å². The van der Waals surface area contributed by atoms with Gasteiger partial charge >= 0.3 is 0 Å². The monoisotopic (exact) mass is 480 g/mol. The zero-order chi connectivity index (χ0) is 24.5. The summed E-state index contributed by atoms with van der Waals surface area (Å²) in [7, 11) is 0. The van der Waals surface area contributed by atoms with Crippen molar-refractivity contribution in [2.75, 3.05) is 6.54 Å². The van der Waals surface area contributed by atoms with Gasteiger partial charge in [0.25, 0.3) is 0 Å². The Labute approximate surface area is 204 Å². The molecule has 1 aliphatic carbocycles. The number of fused-ring (bicyclic) bond motifs is 1. The molecule has 1 aromatic carbocycles. The molecule has 5 rings (SSSR count). The fourth-order valence-electron chi connectivity index (χ4n) is 5.70. The lowest BCUT2D eigenvalue weighted by Gasteiger charge is -2.31. The number of aromatic nitrogens is 3. The quantitative estimate of drug-likeness (QED) is 0.426. The van der Waals surface area contributed by atoms with Crippen LogP contribution in [0.4, 0.5) is 4.39 Å². The Hall–Kier alpha value is -3.03. The molecule has 35 heavy (non-hydrogen) atoms. The highest BCUT2D eigenvalue weighted by molar-refractivity contribution is 5.97. The van der Waals surface area contributed by atoms with E-state index in [1.807, 2.05) is 13.0 Å². The highest BCUT2D eigenvalue weighted by Crippen LogP contribution is 2.40. The van der Waals surface area contributed by atoms with Crippen LogP contribution in [0.5, 0.6) is 0 Å². The molecule has 3 heterocycles.